The van der Waals surface area contributed by atoms with Crippen molar-refractivity contribution >= 4 is 44.9 Å². The van der Waals surface area contributed by atoms with Crippen LogP contribution in [-0.2, 0) is 22.6 Å². The van der Waals surface area contributed by atoms with E-state index >= 15 is 0 Å². The first-order valence-corrected chi connectivity index (χ1v) is 17.5. The number of aliphatic imine (C=N–C) groups is 2. The number of alkyl halides is 6. The molecular weight excluding hydrogens is 808 g/mol. The van der Waals surface area contributed by atoms with Crippen molar-refractivity contribution in [1.29, 1.82) is 0 Å². The van der Waals surface area contributed by atoms with Gasteiger partial charge in [-0.25, -0.2) is 39.1 Å². The van der Waals surface area contributed by atoms with E-state index in [9.17, 15) is 45.2 Å². The fourth-order valence-electron chi connectivity index (χ4n) is 4.30. The number of ether oxygens (including phenoxy) is 2. The normalized spacial score (nSPS) is 12.7. The molecule has 4 aromatic heterocycles. The van der Waals surface area contributed by atoms with Crippen molar-refractivity contribution in [3.8, 4) is 11.8 Å². The molecule has 0 spiro atoms. The van der Waals surface area contributed by atoms with Crippen molar-refractivity contribution in [2.75, 3.05) is 57.1 Å². The van der Waals surface area contributed by atoms with Crippen molar-refractivity contribution < 1.29 is 63.9 Å². The zero-order valence-corrected chi connectivity index (χ0v) is 30.0. The molecule has 0 saturated carbocycles. The van der Waals surface area contributed by atoms with Crippen LogP contribution in [0.15, 0.2) is 43.8 Å². The van der Waals surface area contributed by atoms with Crippen LogP contribution >= 0.6 is 0 Å². The lowest BCUT2D eigenvalue weighted by Gasteiger charge is -2.15. The molecule has 4 aromatic rings. The van der Waals surface area contributed by atoms with E-state index < -0.39 is 62.8 Å². The molecule has 4 rings (SSSR count). The number of nitrogens with zero attached hydrogens (tertiary/aromatic N) is 8. The van der Waals surface area contributed by atoms with Crippen LogP contribution in [0.25, 0.3) is 0 Å². The van der Waals surface area contributed by atoms with E-state index in [2.05, 4.69) is 65.8 Å². The summed E-state index contributed by atoms with van der Waals surface area (Å²) in [7, 11) is -2.29. The fraction of sp³-hybridized carbons (Fsp3) is 0.407. The second-order valence-corrected chi connectivity index (χ2v) is 12.3. The van der Waals surface area contributed by atoms with Crippen molar-refractivity contribution in [2.45, 2.75) is 25.2 Å². The van der Waals surface area contributed by atoms with Gasteiger partial charge in [0.15, 0.2) is 23.1 Å². The van der Waals surface area contributed by atoms with Crippen LogP contribution in [0.2, 0.25) is 0 Å². The van der Waals surface area contributed by atoms with E-state index in [0.717, 1.165) is 12.4 Å². The predicted molar refractivity (Wildman–Crippen MR) is 182 cm³/mol. The number of nitrogens with one attached hydrogen (secondary N) is 6. The minimum absolute atomic E-state index is 0.00477. The Labute approximate surface area is 316 Å². The molecular formula is C27H33F6N15O8S. The van der Waals surface area contributed by atoms with Crippen LogP contribution in [-0.4, -0.2) is 108 Å². The number of hydrogen-bond acceptors (Lipinski definition) is 19. The summed E-state index contributed by atoms with van der Waals surface area (Å²) >= 11 is 0. The molecule has 57 heavy (non-hydrogen) atoms. The van der Waals surface area contributed by atoms with Gasteiger partial charge < -0.3 is 25.4 Å². The topological polar surface area (TPSA) is 320 Å². The summed E-state index contributed by atoms with van der Waals surface area (Å²) in [5, 5.41) is 46.6. The van der Waals surface area contributed by atoms with Gasteiger partial charge in [-0.1, -0.05) is 0 Å². The highest BCUT2D eigenvalue weighted by Crippen LogP contribution is 2.38. The quantitative estimate of drug-likeness (QED) is 0.0200. The SMILES string of the molecule is CNCCNc1nonc1C(=Nc1cnc(OCCCCOc2ncc(N=C(NO)c3nonc3NCCNS(N)(=O)=O)cc2C(F)(F)F)c(C(F)(F)F)c1)NO. The molecule has 0 fully saturated rings. The Morgan fingerprint density at radius 1 is 0.754 bits per heavy atom. The molecule has 30 heteroatoms. The maximum atomic E-state index is 14.0. The molecule has 0 aromatic carbocycles. The Morgan fingerprint density at radius 2 is 1.19 bits per heavy atom. The van der Waals surface area contributed by atoms with Gasteiger partial charge in [-0.2, -0.15) is 34.8 Å². The van der Waals surface area contributed by atoms with Crippen molar-refractivity contribution in [3.05, 3.63) is 47.0 Å². The summed E-state index contributed by atoms with van der Waals surface area (Å²) < 4.78 is 127. The monoisotopic (exact) mass is 841 g/mol. The second-order valence-electron chi connectivity index (χ2n) is 11.0. The Morgan fingerprint density at radius 3 is 1.58 bits per heavy atom. The third-order valence-electron chi connectivity index (χ3n) is 6.81. The smallest absolute Gasteiger partial charge is 0.421 e. The lowest BCUT2D eigenvalue weighted by molar-refractivity contribution is -0.140. The molecule has 0 saturated heterocycles. The maximum Gasteiger partial charge on any atom is 0.421 e. The summed E-state index contributed by atoms with van der Waals surface area (Å²) in [4.78, 5) is 15.1. The van der Waals surface area contributed by atoms with Gasteiger partial charge in [-0.3, -0.25) is 21.4 Å². The molecule has 0 radical (unpaired) electrons. The van der Waals surface area contributed by atoms with Gasteiger partial charge in [0.2, 0.25) is 23.4 Å². The molecule has 10 N–H and O–H groups in total. The molecule has 0 aliphatic carbocycles. The maximum absolute atomic E-state index is 14.0. The Hall–Kier alpha value is -5.95. The predicted octanol–water partition coefficient (Wildman–Crippen LogP) is 1.47. The summed E-state index contributed by atoms with van der Waals surface area (Å²) in [5.74, 6) is -2.73. The molecule has 0 aliphatic rings. The van der Waals surface area contributed by atoms with Crippen LogP contribution in [0.5, 0.6) is 11.8 Å². The number of nitrogens with two attached hydrogens (primary N) is 1. The Balaban J connectivity index is 1.38. The zero-order valence-electron chi connectivity index (χ0n) is 29.1. The van der Waals surface area contributed by atoms with Crippen molar-refractivity contribution in [2.24, 2.45) is 15.1 Å². The fourth-order valence-corrected chi connectivity index (χ4v) is 4.69. The number of aromatic nitrogens is 6. The molecule has 23 nitrogen and oxygen atoms in total. The largest absolute Gasteiger partial charge is 0.477 e. The van der Waals surface area contributed by atoms with Gasteiger partial charge in [0.1, 0.15) is 11.1 Å². The van der Waals surface area contributed by atoms with E-state index in [0.29, 0.717) is 25.2 Å². The van der Waals surface area contributed by atoms with Gasteiger partial charge in [-0.15, -0.1) is 0 Å². The summed E-state index contributed by atoms with van der Waals surface area (Å²) in [6.45, 7) is -0.153. The van der Waals surface area contributed by atoms with Crippen LogP contribution < -0.4 is 46.2 Å². The average molecular weight is 842 g/mol. The molecule has 0 aliphatic heterocycles. The van der Waals surface area contributed by atoms with E-state index in [1.807, 2.05) is 4.72 Å². The first-order chi connectivity index (χ1) is 27.0. The highest BCUT2D eigenvalue weighted by Gasteiger charge is 2.37. The van der Waals surface area contributed by atoms with E-state index in [1.165, 1.54) is 0 Å². The summed E-state index contributed by atoms with van der Waals surface area (Å²) in [5.41, 5.74) is -0.517. The Bertz CT molecular complexity index is 2100. The first kappa shape index (κ1) is 43.8. The second kappa shape index (κ2) is 19.8. The first-order valence-electron chi connectivity index (χ1n) is 16.0. The van der Waals surface area contributed by atoms with Crippen LogP contribution in [0, 0.1) is 0 Å². The lowest BCUT2D eigenvalue weighted by atomic mass is 10.2. The number of pyridine rings is 2. The van der Waals surface area contributed by atoms with Crippen LogP contribution in [0.1, 0.15) is 35.4 Å². The standard InChI is InChI=1S/C27H33F6N15O8S/c1-35-4-5-36-20-18(45-55-47-20)22(43-49)41-14-10-16(26(28,29)30)24(38-12-14)53-8-2-3-9-54-25-17(27(31,32)33)11-15(13-39-25)42-23(44-50)19-21(48-56-46-19)37-6-7-40-57(34,51)52/h10-13,35,40,49-50H,2-9H2,1H3,(H,36,47)(H,37,48)(H,41,43)(H,42,44)(H2,34,51,52). The van der Waals surface area contributed by atoms with Crippen molar-refractivity contribution in [1.82, 2.24) is 51.6 Å². The lowest BCUT2D eigenvalue weighted by Crippen LogP contribution is -2.34. The third-order valence-corrected chi connectivity index (χ3v) is 7.41. The number of halogens is 6. The molecule has 312 valence electrons. The zero-order chi connectivity index (χ0) is 41.6. The number of likely N-dealkylation sites (N-methyl/N-ethyl adjacent to an activating group) is 1. The van der Waals surface area contributed by atoms with E-state index in [-0.39, 0.29) is 67.9 Å². The van der Waals surface area contributed by atoms with Crippen LogP contribution in [0.3, 0.4) is 0 Å². The number of hydrogen-bond donors (Lipinski definition) is 9. The minimum atomic E-state index is -5.00. The van der Waals surface area contributed by atoms with Gasteiger partial charge >= 0.3 is 12.4 Å². The number of amidine groups is 2. The molecule has 4 heterocycles. The minimum Gasteiger partial charge on any atom is -0.477 e. The number of anilines is 2. The molecule has 0 atom stereocenters. The molecule has 0 amide bonds. The molecule has 0 unspecified atom stereocenters. The average Bonchev–Trinajstić information content (AvgIpc) is 3.82. The highest BCUT2D eigenvalue weighted by molar-refractivity contribution is 7.87. The van der Waals surface area contributed by atoms with E-state index in [1.54, 1.807) is 18.0 Å². The van der Waals surface area contributed by atoms with Crippen LogP contribution in [0.4, 0.5) is 49.4 Å². The van der Waals surface area contributed by atoms with Gasteiger partial charge in [0.25, 0.3) is 10.2 Å². The van der Waals surface area contributed by atoms with E-state index in [4.69, 9.17) is 14.6 Å². The Kier molecular flexibility index (Phi) is 15.2. The molecule has 0 bridgehead atoms. The summed E-state index contributed by atoms with van der Waals surface area (Å²) in [6, 6.07) is 1.17. The third kappa shape index (κ3) is 13.1. The van der Waals surface area contributed by atoms with Crippen molar-refractivity contribution in [3.63, 3.8) is 0 Å². The number of hydroxylamine groups is 2. The number of unbranched alkanes of at least 4 members (excludes halogenated alkanes) is 1. The van der Waals surface area contributed by atoms with Gasteiger partial charge in [0, 0.05) is 26.2 Å². The van der Waals surface area contributed by atoms with Gasteiger partial charge in [-0.05, 0) is 52.6 Å². The van der Waals surface area contributed by atoms with Gasteiger partial charge in [0.05, 0.1) is 37.0 Å². The highest BCUT2D eigenvalue weighted by atomic mass is 32.2. The number of rotatable bonds is 20. The summed E-state index contributed by atoms with van der Waals surface area (Å²) in [6.07, 6.45) is -8.13.